The van der Waals surface area contributed by atoms with Crippen molar-refractivity contribution < 1.29 is 9.59 Å². The van der Waals surface area contributed by atoms with Gasteiger partial charge in [-0.25, -0.2) is 4.79 Å². The van der Waals surface area contributed by atoms with Gasteiger partial charge in [-0.2, -0.15) is 0 Å². The summed E-state index contributed by atoms with van der Waals surface area (Å²) in [5.74, 6) is 0.0992. The molecule has 0 radical (unpaired) electrons. The summed E-state index contributed by atoms with van der Waals surface area (Å²) >= 11 is 0. The number of likely N-dealkylation sites (N-methyl/N-ethyl adjacent to an activating group) is 1. The van der Waals surface area contributed by atoms with Crippen molar-refractivity contribution in [1.29, 1.82) is 0 Å². The highest BCUT2D eigenvalue weighted by Gasteiger charge is 2.55. The molecule has 114 valence electrons. The first-order chi connectivity index (χ1) is 10.5. The van der Waals surface area contributed by atoms with Crippen molar-refractivity contribution in [3.05, 3.63) is 35.5 Å². The summed E-state index contributed by atoms with van der Waals surface area (Å²) in [6.07, 6.45) is 10.8. The first-order valence-corrected chi connectivity index (χ1v) is 7.79. The zero-order valence-electron chi connectivity index (χ0n) is 12.8. The Morgan fingerprint density at radius 3 is 2.68 bits per heavy atom. The summed E-state index contributed by atoms with van der Waals surface area (Å²) in [4.78, 5) is 30.5. The number of allylic oxidation sites excluding steroid dienone is 1. The predicted molar refractivity (Wildman–Crippen MR) is 83.6 cm³/mol. The number of rotatable bonds is 1. The van der Waals surface area contributed by atoms with Crippen molar-refractivity contribution in [2.24, 2.45) is 10.9 Å². The molecule has 1 saturated carbocycles. The quantitative estimate of drug-likeness (QED) is 0.752. The second-order valence-corrected chi connectivity index (χ2v) is 6.49. The number of carbonyl (C=O) groups is 2. The Hall–Kier alpha value is -2.17. The van der Waals surface area contributed by atoms with E-state index in [1.165, 1.54) is 11.1 Å². The number of nitrogens with zero attached hydrogens (tertiary/aromatic N) is 2. The number of imide groups is 1. The van der Waals surface area contributed by atoms with E-state index in [0.717, 1.165) is 12.1 Å². The second-order valence-electron chi connectivity index (χ2n) is 6.49. The van der Waals surface area contributed by atoms with Gasteiger partial charge in [-0.3, -0.25) is 15.1 Å². The van der Waals surface area contributed by atoms with Crippen molar-refractivity contribution in [2.75, 3.05) is 7.05 Å². The zero-order chi connectivity index (χ0) is 15.5. The molecule has 3 unspecified atom stereocenters. The van der Waals surface area contributed by atoms with Gasteiger partial charge >= 0.3 is 6.03 Å². The first-order valence-electron chi connectivity index (χ1n) is 7.79. The van der Waals surface area contributed by atoms with Crippen LogP contribution in [0, 0.1) is 5.92 Å². The molecular weight excluding hydrogens is 278 g/mol. The molecule has 5 nitrogen and oxygen atoms in total. The molecule has 3 amide bonds. The number of aliphatic imine (C=N–C) groups is 1. The smallest absolute Gasteiger partial charge is 0.312 e. The van der Waals surface area contributed by atoms with E-state index in [2.05, 4.69) is 36.5 Å². The standard InChI is InChI=1S/C17H19N3O2/c1-3-13-5-4-10-6-11-8-17(9-12(11)7-14(10)18-13)15(21)19-16(22)20(17)2/h4-7,10,14H,3,8-9H2,1-2H3,(H,19,21,22). The Morgan fingerprint density at radius 1 is 1.32 bits per heavy atom. The average Bonchev–Trinajstić information content (AvgIpc) is 2.98. The van der Waals surface area contributed by atoms with E-state index in [0.29, 0.717) is 12.8 Å². The lowest BCUT2D eigenvalue weighted by atomic mass is 9.86. The summed E-state index contributed by atoms with van der Waals surface area (Å²) < 4.78 is 0. The maximum atomic E-state index is 12.3. The summed E-state index contributed by atoms with van der Waals surface area (Å²) in [7, 11) is 1.71. The van der Waals surface area contributed by atoms with Gasteiger partial charge in [0.05, 0.1) is 6.04 Å². The second kappa shape index (κ2) is 4.41. The lowest BCUT2D eigenvalue weighted by molar-refractivity contribution is -0.125. The molecule has 0 aromatic rings. The van der Waals surface area contributed by atoms with Crippen molar-refractivity contribution in [2.45, 2.75) is 37.8 Å². The molecule has 2 aliphatic heterocycles. The maximum Gasteiger partial charge on any atom is 0.324 e. The molecule has 1 N–H and O–H groups in total. The van der Waals surface area contributed by atoms with E-state index in [-0.39, 0.29) is 23.9 Å². The van der Waals surface area contributed by atoms with Gasteiger partial charge in [0.1, 0.15) is 5.54 Å². The van der Waals surface area contributed by atoms with Gasteiger partial charge in [-0.15, -0.1) is 0 Å². The molecule has 0 aromatic heterocycles. The predicted octanol–water partition coefficient (Wildman–Crippen LogP) is 1.97. The van der Waals surface area contributed by atoms with Crippen LogP contribution >= 0.6 is 0 Å². The molecule has 1 spiro atoms. The van der Waals surface area contributed by atoms with E-state index in [1.54, 1.807) is 11.9 Å². The Labute approximate surface area is 129 Å². The molecule has 2 heterocycles. The largest absolute Gasteiger partial charge is 0.324 e. The minimum absolute atomic E-state index is 0.138. The molecule has 4 aliphatic rings. The number of fused-ring (bicyclic) bond motifs is 2. The van der Waals surface area contributed by atoms with Crippen LogP contribution in [0.1, 0.15) is 26.2 Å². The molecule has 0 bridgehead atoms. The van der Waals surface area contributed by atoms with Crippen LogP contribution in [0.5, 0.6) is 0 Å². The molecule has 3 atom stereocenters. The van der Waals surface area contributed by atoms with Crippen LogP contribution in [-0.2, 0) is 4.79 Å². The van der Waals surface area contributed by atoms with E-state index < -0.39 is 5.54 Å². The average molecular weight is 297 g/mol. The van der Waals surface area contributed by atoms with Crippen molar-refractivity contribution in [1.82, 2.24) is 10.2 Å². The number of dihydropyridines is 1. The highest BCUT2D eigenvalue weighted by Crippen LogP contribution is 2.47. The molecule has 22 heavy (non-hydrogen) atoms. The number of carbonyl (C=O) groups excluding carboxylic acids is 2. The fraction of sp³-hybridized carbons (Fsp3) is 0.471. The highest BCUT2D eigenvalue weighted by molar-refractivity contribution is 6.08. The normalized spacial score (nSPS) is 35.9. The van der Waals surface area contributed by atoms with Crippen molar-refractivity contribution in [3.63, 3.8) is 0 Å². The molecule has 4 rings (SSSR count). The van der Waals surface area contributed by atoms with Crippen LogP contribution < -0.4 is 5.32 Å². The maximum absolute atomic E-state index is 12.3. The van der Waals surface area contributed by atoms with E-state index >= 15 is 0 Å². The Balaban J connectivity index is 1.70. The van der Waals surface area contributed by atoms with Crippen LogP contribution in [0.15, 0.2) is 40.4 Å². The number of hydrogen-bond donors (Lipinski definition) is 1. The van der Waals surface area contributed by atoms with Gasteiger partial charge in [0.2, 0.25) is 0 Å². The minimum atomic E-state index is -0.733. The Morgan fingerprint density at radius 2 is 2.05 bits per heavy atom. The van der Waals surface area contributed by atoms with Crippen LogP contribution in [0.25, 0.3) is 0 Å². The van der Waals surface area contributed by atoms with Gasteiger partial charge in [0.15, 0.2) is 0 Å². The number of amides is 3. The third-order valence-corrected chi connectivity index (χ3v) is 5.32. The summed E-state index contributed by atoms with van der Waals surface area (Å²) in [6, 6.07) is -0.159. The van der Waals surface area contributed by atoms with Crippen LogP contribution in [0.2, 0.25) is 0 Å². The number of nitrogens with one attached hydrogen (secondary N) is 1. The minimum Gasteiger partial charge on any atom is -0.312 e. The van der Waals surface area contributed by atoms with Crippen molar-refractivity contribution in [3.8, 4) is 0 Å². The molecule has 0 aromatic carbocycles. The van der Waals surface area contributed by atoms with Gasteiger partial charge in [-0.05, 0) is 23.6 Å². The zero-order valence-corrected chi connectivity index (χ0v) is 12.8. The lowest BCUT2D eigenvalue weighted by Gasteiger charge is -2.26. The summed E-state index contributed by atoms with van der Waals surface area (Å²) in [6.45, 7) is 2.11. The lowest BCUT2D eigenvalue weighted by Crippen LogP contribution is -2.45. The highest BCUT2D eigenvalue weighted by atomic mass is 16.2. The molecule has 1 saturated heterocycles. The fourth-order valence-electron chi connectivity index (χ4n) is 3.90. The van der Waals surface area contributed by atoms with E-state index in [9.17, 15) is 9.59 Å². The van der Waals surface area contributed by atoms with E-state index in [1.807, 2.05) is 0 Å². The third-order valence-electron chi connectivity index (χ3n) is 5.32. The Kier molecular flexibility index (Phi) is 2.71. The summed E-state index contributed by atoms with van der Waals surface area (Å²) in [5, 5.41) is 2.44. The molecule has 5 heteroatoms. The Bertz CT molecular complexity index is 701. The monoisotopic (exact) mass is 297 g/mol. The topological polar surface area (TPSA) is 61.8 Å². The van der Waals surface area contributed by atoms with Gasteiger partial charge in [0, 0.05) is 31.5 Å². The third kappa shape index (κ3) is 1.68. The molecule has 2 fully saturated rings. The van der Waals surface area contributed by atoms with Crippen LogP contribution in [0.4, 0.5) is 4.79 Å². The van der Waals surface area contributed by atoms with Crippen LogP contribution in [-0.4, -0.2) is 41.2 Å². The van der Waals surface area contributed by atoms with Crippen molar-refractivity contribution >= 4 is 17.6 Å². The molecular formula is C17H19N3O2. The van der Waals surface area contributed by atoms with Crippen LogP contribution in [0.3, 0.4) is 0 Å². The molecule has 2 aliphatic carbocycles. The van der Waals surface area contributed by atoms with Gasteiger partial charge in [-0.1, -0.05) is 25.2 Å². The van der Waals surface area contributed by atoms with Gasteiger partial charge in [0.25, 0.3) is 5.91 Å². The first kappa shape index (κ1) is 13.5. The SMILES string of the molecule is CCC1=NC2C=C3CC4(CC3=CC2C=C1)C(=O)NC(=O)N4C. The number of urea groups is 1. The number of hydrogen-bond acceptors (Lipinski definition) is 3. The summed E-state index contributed by atoms with van der Waals surface area (Å²) in [5.41, 5.74) is 2.75. The van der Waals surface area contributed by atoms with Gasteiger partial charge < -0.3 is 4.90 Å². The fourth-order valence-corrected chi connectivity index (χ4v) is 3.90. The van der Waals surface area contributed by atoms with E-state index in [4.69, 9.17) is 4.99 Å².